The molecule has 0 saturated carbocycles. The molecule has 0 N–H and O–H groups in total. The van der Waals surface area contributed by atoms with Crippen LogP contribution in [0, 0.1) is 0 Å². The number of aromatic nitrogens is 5. The van der Waals surface area contributed by atoms with Crippen LogP contribution < -0.4 is 0 Å². The standard InChI is InChI=1S/C12H18BrN5O/c1-5-8(13)9-6-18(17-14-9)7-10-15-16-11(19-10)12(2,3)4/h6,8H,5,7H2,1-4H3. The van der Waals surface area contributed by atoms with Crippen LogP contribution in [0.4, 0.5) is 0 Å². The first-order valence-corrected chi connectivity index (χ1v) is 7.18. The van der Waals surface area contributed by atoms with E-state index < -0.39 is 0 Å². The summed E-state index contributed by atoms with van der Waals surface area (Å²) in [4.78, 5) is 0.231. The third-order valence-electron chi connectivity index (χ3n) is 2.64. The molecule has 0 amide bonds. The molecule has 0 aliphatic rings. The largest absolute Gasteiger partial charge is 0.423 e. The van der Waals surface area contributed by atoms with Crippen molar-refractivity contribution >= 4 is 15.9 Å². The van der Waals surface area contributed by atoms with Crippen LogP contribution >= 0.6 is 15.9 Å². The molecule has 2 aromatic rings. The molecule has 6 nitrogen and oxygen atoms in total. The summed E-state index contributed by atoms with van der Waals surface area (Å²) in [6.45, 7) is 8.64. The Morgan fingerprint density at radius 1 is 1.32 bits per heavy atom. The van der Waals surface area contributed by atoms with Crippen LogP contribution in [0.25, 0.3) is 0 Å². The van der Waals surface area contributed by atoms with E-state index in [1.165, 1.54) is 0 Å². The Morgan fingerprint density at radius 3 is 2.63 bits per heavy atom. The summed E-state index contributed by atoms with van der Waals surface area (Å²) in [5, 5.41) is 16.3. The van der Waals surface area contributed by atoms with Crippen molar-refractivity contribution < 1.29 is 4.42 Å². The fourth-order valence-corrected chi connectivity index (χ4v) is 1.71. The van der Waals surface area contributed by atoms with Gasteiger partial charge in [0.05, 0.1) is 16.7 Å². The number of nitrogens with zero attached hydrogens (tertiary/aromatic N) is 5. The van der Waals surface area contributed by atoms with E-state index in [0.29, 0.717) is 18.3 Å². The van der Waals surface area contributed by atoms with Crippen molar-refractivity contribution in [3.8, 4) is 0 Å². The molecule has 0 aromatic carbocycles. The smallest absolute Gasteiger partial charge is 0.238 e. The van der Waals surface area contributed by atoms with Crippen molar-refractivity contribution in [3.63, 3.8) is 0 Å². The molecule has 2 aromatic heterocycles. The lowest BCUT2D eigenvalue weighted by atomic mass is 9.97. The zero-order valence-corrected chi connectivity index (χ0v) is 13.2. The van der Waals surface area contributed by atoms with Gasteiger partial charge >= 0.3 is 0 Å². The second-order valence-corrected chi connectivity index (χ2v) is 6.57. The average Bonchev–Trinajstić information content (AvgIpc) is 2.97. The lowest BCUT2D eigenvalue weighted by Crippen LogP contribution is -2.11. The summed E-state index contributed by atoms with van der Waals surface area (Å²) >= 11 is 3.55. The molecular formula is C12H18BrN5O. The maximum Gasteiger partial charge on any atom is 0.238 e. The second-order valence-electron chi connectivity index (χ2n) is 5.47. The number of alkyl halides is 1. The SMILES string of the molecule is CCC(Br)c1cn(Cc2nnc(C(C)(C)C)o2)nn1. The molecule has 0 spiro atoms. The third-order valence-corrected chi connectivity index (χ3v) is 3.76. The predicted octanol–water partition coefficient (Wildman–Crippen LogP) is 2.85. The first-order valence-electron chi connectivity index (χ1n) is 6.27. The van der Waals surface area contributed by atoms with Crippen molar-refractivity contribution in [2.24, 2.45) is 0 Å². The lowest BCUT2D eigenvalue weighted by molar-refractivity contribution is 0.362. The minimum atomic E-state index is -0.137. The lowest BCUT2D eigenvalue weighted by Gasteiger charge is -2.10. The summed E-state index contributed by atoms with van der Waals surface area (Å²) in [6, 6.07) is 0. The monoisotopic (exact) mass is 327 g/mol. The minimum absolute atomic E-state index is 0.137. The topological polar surface area (TPSA) is 69.6 Å². The predicted molar refractivity (Wildman–Crippen MR) is 74.1 cm³/mol. The molecule has 1 atom stereocenters. The van der Waals surface area contributed by atoms with Crippen molar-refractivity contribution in [1.29, 1.82) is 0 Å². The van der Waals surface area contributed by atoms with Gasteiger partial charge in [-0.15, -0.1) is 15.3 Å². The van der Waals surface area contributed by atoms with E-state index in [0.717, 1.165) is 12.1 Å². The molecule has 104 valence electrons. The molecule has 1 unspecified atom stereocenters. The first kappa shape index (κ1) is 14.2. The molecule has 0 saturated heterocycles. The highest BCUT2D eigenvalue weighted by molar-refractivity contribution is 9.09. The van der Waals surface area contributed by atoms with Crippen LogP contribution in [-0.4, -0.2) is 25.2 Å². The van der Waals surface area contributed by atoms with Gasteiger partial charge in [-0.25, -0.2) is 4.68 Å². The fourth-order valence-electron chi connectivity index (χ4n) is 1.50. The van der Waals surface area contributed by atoms with E-state index in [-0.39, 0.29) is 10.2 Å². The molecular weight excluding hydrogens is 310 g/mol. The molecule has 0 fully saturated rings. The maximum absolute atomic E-state index is 5.63. The van der Waals surface area contributed by atoms with Gasteiger partial charge in [-0.1, -0.05) is 48.8 Å². The molecule has 7 heteroatoms. The van der Waals surface area contributed by atoms with E-state index in [9.17, 15) is 0 Å². The molecule has 0 aliphatic carbocycles. The Balaban J connectivity index is 2.09. The zero-order chi connectivity index (χ0) is 14.0. The van der Waals surface area contributed by atoms with Crippen LogP contribution in [0.1, 0.15) is 56.4 Å². The van der Waals surface area contributed by atoms with Crippen molar-refractivity contribution in [1.82, 2.24) is 25.2 Å². The van der Waals surface area contributed by atoms with E-state index in [2.05, 4.69) is 43.4 Å². The molecule has 19 heavy (non-hydrogen) atoms. The van der Waals surface area contributed by atoms with E-state index in [1.807, 2.05) is 27.0 Å². The fraction of sp³-hybridized carbons (Fsp3) is 0.667. The molecule has 0 aliphatic heterocycles. The van der Waals surface area contributed by atoms with Crippen LogP contribution in [0.5, 0.6) is 0 Å². The summed E-state index contributed by atoms with van der Waals surface area (Å²) < 4.78 is 7.33. The second kappa shape index (κ2) is 5.40. The van der Waals surface area contributed by atoms with Crippen molar-refractivity contribution in [3.05, 3.63) is 23.7 Å². The van der Waals surface area contributed by atoms with Gasteiger partial charge in [-0.05, 0) is 6.42 Å². The summed E-state index contributed by atoms with van der Waals surface area (Å²) in [7, 11) is 0. The van der Waals surface area contributed by atoms with Crippen LogP contribution in [0.2, 0.25) is 0 Å². The van der Waals surface area contributed by atoms with E-state index in [1.54, 1.807) is 4.68 Å². The minimum Gasteiger partial charge on any atom is -0.423 e. The van der Waals surface area contributed by atoms with Gasteiger partial charge in [-0.3, -0.25) is 0 Å². The Bertz CT molecular complexity index is 542. The normalized spacial score (nSPS) is 13.7. The molecule has 0 bridgehead atoms. The average molecular weight is 328 g/mol. The van der Waals surface area contributed by atoms with Crippen molar-refractivity contribution in [2.45, 2.75) is 50.9 Å². The van der Waals surface area contributed by atoms with Crippen molar-refractivity contribution in [2.75, 3.05) is 0 Å². The number of hydrogen-bond donors (Lipinski definition) is 0. The summed E-state index contributed by atoms with van der Waals surface area (Å²) in [5.41, 5.74) is 0.778. The molecule has 2 rings (SSSR count). The Hall–Kier alpha value is -1.24. The van der Waals surface area contributed by atoms with Gasteiger partial charge < -0.3 is 4.42 Å². The number of halogens is 1. The van der Waals surface area contributed by atoms with Gasteiger partial charge in [0, 0.05) is 5.41 Å². The summed E-state index contributed by atoms with van der Waals surface area (Å²) in [5.74, 6) is 1.18. The molecule has 2 heterocycles. The Morgan fingerprint density at radius 2 is 2.05 bits per heavy atom. The number of rotatable bonds is 4. The van der Waals surface area contributed by atoms with Gasteiger partial charge in [0.1, 0.15) is 6.54 Å². The van der Waals surface area contributed by atoms with Crippen LogP contribution in [0.3, 0.4) is 0 Å². The van der Waals surface area contributed by atoms with Crippen LogP contribution in [-0.2, 0) is 12.0 Å². The third kappa shape index (κ3) is 3.40. The highest BCUT2D eigenvalue weighted by atomic mass is 79.9. The van der Waals surface area contributed by atoms with E-state index in [4.69, 9.17) is 4.42 Å². The zero-order valence-electron chi connectivity index (χ0n) is 11.6. The van der Waals surface area contributed by atoms with Gasteiger partial charge in [-0.2, -0.15) is 0 Å². The Labute approximate surface area is 120 Å². The first-order chi connectivity index (χ1) is 8.90. The quantitative estimate of drug-likeness (QED) is 0.807. The summed E-state index contributed by atoms with van der Waals surface area (Å²) in [6.07, 6.45) is 2.86. The van der Waals surface area contributed by atoms with Crippen LogP contribution in [0.15, 0.2) is 10.6 Å². The number of hydrogen-bond acceptors (Lipinski definition) is 5. The molecule has 0 radical (unpaired) electrons. The maximum atomic E-state index is 5.63. The highest BCUT2D eigenvalue weighted by Gasteiger charge is 2.21. The highest BCUT2D eigenvalue weighted by Crippen LogP contribution is 2.24. The Kier molecular flexibility index (Phi) is 4.03. The van der Waals surface area contributed by atoms with Gasteiger partial charge in [0.25, 0.3) is 0 Å². The van der Waals surface area contributed by atoms with E-state index >= 15 is 0 Å². The van der Waals surface area contributed by atoms with Gasteiger partial charge in [0.2, 0.25) is 11.8 Å². The van der Waals surface area contributed by atoms with Gasteiger partial charge in [0.15, 0.2) is 0 Å².